The van der Waals surface area contributed by atoms with E-state index in [1.54, 1.807) is 13.0 Å². The number of carbonyl (C=O) groups excluding carboxylic acids is 1. The summed E-state index contributed by atoms with van der Waals surface area (Å²) in [6.07, 6.45) is 8.20. The Labute approximate surface area is 180 Å². The molecule has 0 radical (unpaired) electrons. The molecule has 0 saturated heterocycles. The highest BCUT2D eigenvalue weighted by molar-refractivity contribution is 5.98. The summed E-state index contributed by atoms with van der Waals surface area (Å²) < 4.78 is 14.4. The molecule has 0 spiro atoms. The summed E-state index contributed by atoms with van der Waals surface area (Å²) in [6, 6.07) is 4.43. The van der Waals surface area contributed by atoms with Gasteiger partial charge in [-0.25, -0.2) is 9.37 Å². The number of aromatic nitrogens is 2. The van der Waals surface area contributed by atoms with E-state index in [2.05, 4.69) is 25.6 Å². The monoisotopic (exact) mass is 426 g/mol. The maximum atomic E-state index is 14.4. The van der Waals surface area contributed by atoms with E-state index >= 15 is 0 Å². The van der Waals surface area contributed by atoms with Crippen molar-refractivity contribution in [3.63, 3.8) is 0 Å². The molecule has 8 N–H and O–H groups in total. The number of carbonyl (C=O) groups is 1. The number of allylic oxidation sites excluding steroid dienone is 1. The van der Waals surface area contributed by atoms with E-state index in [-0.39, 0.29) is 29.2 Å². The minimum absolute atomic E-state index is 0.00419. The van der Waals surface area contributed by atoms with Crippen LogP contribution in [-0.4, -0.2) is 34.2 Å². The van der Waals surface area contributed by atoms with Gasteiger partial charge in [-0.1, -0.05) is 12.8 Å². The third-order valence-corrected chi connectivity index (χ3v) is 5.07. The summed E-state index contributed by atoms with van der Waals surface area (Å²) >= 11 is 0. The van der Waals surface area contributed by atoms with Gasteiger partial charge in [0.2, 0.25) is 5.95 Å². The Bertz CT molecular complexity index is 1010. The van der Waals surface area contributed by atoms with E-state index in [0.29, 0.717) is 17.2 Å². The van der Waals surface area contributed by atoms with Crippen molar-refractivity contribution >= 4 is 35.3 Å². The summed E-state index contributed by atoms with van der Waals surface area (Å²) in [6.45, 7) is 1.75. The van der Waals surface area contributed by atoms with Crippen molar-refractivity contribution < 1.29 is 9.18 Å². The van der Waals surface area contributed by atoms with Crippen LogP contribution >= 0.6 is 0 Å². The summed E-state index contributed by atoms with van der Waals surface area (Å²) in [5.41, 5.74) is 18.3. The molecular formula is C21H27FN8O. The predicted octanol–water partition coefficient (Wildman–Crippen LogP) is 2.70. The number of nitrogens with zero attached hydrogens (tertiary/aromatic N) is 3. The van der Waals surface area contributed by atoms with Crippen LogP contribution in [0.5, 0.6) is 0 Å². The second-order valence-electron chi connectivity index (χ2n) is 7.48. The van der Waals surface area contributed by atoms with Gasteiger partial charge in [0.15, 0.2) is 5.82 Å². The molecule has 0 unspecified atom stereocenters. The van der Waals surface area contributed by atoms with Crippen LogP contribution in [-0.2, 0) is 0 Å². The van der Waals surface area contributed by atoms with Gasteiger partial charge in [0.05, 0.1) is 5.69 Å². The van der Waals surface area contributed by atoms with Gasteiger partial charge in [-0.15, -0.1) is 0 Å². The third kappa shape index (κ3) is 5.76. The first-order chi connectivity index (χ1) is 14.9. The van der Waals surface area contributed by atoms with E-state index in [1.165, 1.54) is 30.7 Å². The molecule has 1 aliphatic rings. The lowest BCUT2D eigenvalue weighted by Gasteiger charge is -2.29. The van der Waals surface area contributed by atoms with Gasteiger partial charge in [0.1, 0.15) is 11.4 Å². The number of nitrogens with one attached hydrogen (secondary N) is 2. The number of rotatable bonds is 7. The zero-order valence-corrected chi connectivity index (χ0v) is 17.3. The molecule has 1 heterocycles. The molecule has 164 valence electrons. The average Bonchev–Trinajstić information content (AvgIpc) is 2.74. The molecule has 0 bridgehead atoms. The van der Waals surface area contributed by atoms with Gasteiger partial charge in [0.25, 0.3) is 5.91 Å². The standard InChI is InChI=1S/C21H27FN8O/c1-12(9-23)10-26-17-7-6-13(8-15(17)22)28-20-14(19(25)31)11-27-21(30-20)29-18-5-3-2-4-16(18)24/h6-11,16,18H,2-5,23-24H2,1H3,(H2,25,31)(H2,27,28,29,30)/t16-,18+/m0/s1. The van der Waals surface area contributed by atoms with Crippen LogP contribution in [0.15, 0.2) is 41.2 Å². The summed E-state index contributed by atoms with van der Waals surface area (Å²) in [4.78, 5) is 24.4. The molecule has 1 fully saturated rings. The van der Waals surface area contributed by atoms with E-state index in [4.69, 9.17) is 17.2 Å². The normalized spacial score (nSPS) is 19.4. The maximum Gasteiger partial charge on any atom is 0.254 e. The van der Waals surface area contributed by atoms with Crippen LogP contribution < -0.4 is 27.8 Å². The number of benzene rings is 1. The molecule has 9 nitrogen and oxygen atoms in total. The number of amides is 1. The van der Waals surface area contributed by atoms with Crippen LogP contribution in [0, 0.1) is 5.82 Å². The Balaban J connectivity index is 1.83. The van der Waals surface area contributed by atoms with E-state index in [0.717, 1.165) is 25.7 Å². The van der Waals surface area contributed by atoms with E-state index in [9.17, 15) is 9.18 Å². The lowest BCUT2D eigenvalue weighted by atomic mass is 9.91. The highest BCUT2D eigenvalue weighted by atomic mass is 19.1. The fourth-order valence-corrected chi connectivity index (χ4v) is 3.27. The van der Waals surface area contributed by atoms with Crippen molar-refractivity contribution in [1.29, 1.82) is 0 Å². The van der Waals surface area contributed by atoms with Crippen molar-refractivity contribution in [2.24, 2.45) is 22.2 Å². The average molecular weight is 427 g/mol. The summed E-state index contributed by atoms with van der Waals surface area (Å²) in [5, 5.41) is 6.17. The van der Waals surface area contributed by atoms with Crippen molar-refractivity contribution in [3.05, 3.63) is 47.5 Å². The van der Waals surface area contributed by atoms with Gasteiger partial charge < -0.3 is 27.8 Å². The minimum Gasteiger partial charge on any atom is -0.404 e. The Kier molecular flexibility index (Phi) is 7.14. The van der Waals surface area contributed by atoms with Crippen LogP contribution in [0.1, 0.15) is 43.0 Å². The number of hydrogen-bond acceptors (Lipinski definition) is 8. The number of hydrogen-bond donors (Lipinski definition) is 5. The van der Waals surface area contributed by atoms with Crippen LogP contribution in [0.25, 0.3) is 0 Å². The smallest absolute Gasteiger partial charge is 0.254 e. The Hall–Kier alpha value is -3.53. The van der Waals surface area contributed by atoms with Crippen LogP contribution in [0.2, 0.25) is 0 Å². The first-order valence-corrected chi connectivity index (χ1v) is 10.1. The largest absolute Gasteiger partial charge is 0.404 e. The molecule has 1 amide bonds. The highest BCUT2D eigenvalue weighted by Crippen LogP contribution is 2.26. The number of primary amides is 1. The molecule has 1 aromatic heterocycles. The fourth-order valence-electron chi connectivity index (χ4n) is 3.27. The molecule has 2 atom stereocenters. The van der Waals surface area contributed by atoms with Gasteiger partial charge >= 0.3 is 0 Å². The van der Waals surface area contributed by atoms with Crippen LogP contribution in [0.4, 0.5) is 27.5 Å². The topological polar surface area (TPSA) is 157 Å². The molecular weight excluding hydrogens is 399 g/mol. The van der Waals surface area contributed by atoms with Gasteiger partial charge in [0, 0.05) is 30.2 Å². The Morgan fingerprint density at radius 1 is 1.32 bits per heavy atom. The molecule has 1 aliphatic carbocycles. The summed E-state index contributed by atoms with van der Waals surface area (Å²) in [7, 11) is 0. The van der Waals surface area contributed by atoms with Gasteiger partial charge in [-0.3, -0.25) is 9.79 Å². The van der Waals surface area contributed by atoms with Crippen molar-refractivity contribution in [2.45, 2.75) is 44.7 Å². The van der Waals surface area contributed by atoms with Gasteiger partial charge in [-0.05, 0) is 49.7 Å². The van der Waals surface area contributed by atoms with E-state index < -0.39 is 11.7 Å². The second-order valence-corrected chi connectivity index (χ2v) is 7.48. The number of nitrogens with two attached hydrogens (primary N) is 3. The van der Waals surface area contributed by atoms with Crippen LogP contribution in [0.3, 0.4) is 0 Å². The first kappa shape index (κ1) is 22.2. The fraction of sp³-hybridized carbons (Fsp3) is 0.333. The molecule has 1 saturated carbocycles. The molecule has 0 aliphatic heterocycles. The SMILES string of the molecule is CC(C=Nc1ccc(Nc2nc(N[C@@H]3CCCC[C@@H]3N)ncc2C(N)=O)cc1F)=CN. The molecule has 10 heteroatoms. The minimum atomic E-state index is -0.700. The third-order valence-electron chi connectivity index (χ3n) is 5.07. The van der Waals surface area contributed by atoms with Crippen molar-refractivity contribution in [2.75, 3.05) is 10.6 Å². The first-order valence-electron chi connectivity index (χ1n) is 10.1. The zero-order chi connectivity index (χ0) is 22.4. The number of aliphatic imine (C=N–C) groups is 1. The quantitative estimate of drug-likeness (QED) is 0.426. The molecule has 2 aromatic rings. The molecule has 3 rings (SSSR count). The second kappa shape index (κ2) is 9.98. The van der Waals surface area contributed by atoms with Crippen molar-refractivity contribution in [3.8, 4) is 0 Å². The zero-order valence-electron chi connectivity index (χ0n) is 17.3. The number of halogens is 1. The highest BCUT2D eigenvalue weighted by Gasteiger charge is 2.23. The Morgan fingerprint density at radius 2 is 2.10 bits per heavy atom. The maximum absolute atomic E-state index is 14.4. The summed E-state index contributed by atoms with van der Waals surface area (Å²) in [5.74, 6) is -0.756. The molecule has 1 aromatic carbocycles. The Morgan fingerprint density at radius 3 is 2.77 bits per heavy atom. The lowest BCUT2D eigenvalue weighted by Crippen LogP contribution is -2.43. The molecule has 31 heavy (non-hydrogen) atoms. The lowest BCUT2D eigenvalue weighted by molar-refractivity contribution is 0.100. The number of anilines is 3. The van der Waals surface area contributed by atoms with Crippen molar-refractivity contribution in [1.82, 2.24) is 9.97 Å². The predicted molar refractivity (Wildman–Crippen MR) is 120 cm³/mol. The van der Waals surface area contributed by atoms with Gasteiger partial charge in [-0.2, -0.15) is 4.98 Å². The van der Waals surface area contributed by atoms with E-state index in [1.807, 2.05) is 0 Å².